The molecule has 0 radical (unpaired) electrons. The predicted octanol–water partition coefficient (Wildman–Crippen LogP) is 3.67. The van der Waals surface area contributed by atoms with Gasteiger partial charge in [-0.1, -0.05) is 30.3 Å². The van der Waals surface area contributed by atoms with Crippen molar-refractivity contribution in [1.82, 2.24) is 4.98 Å². The maximum Gasteiger partial charge on any atom is 0.309 e. The zero-order valence-corrected chi connectivity index (χ0v) is 14.2. The summed E-state index contributed by atoms with van der Waals surface area (Å²) in [5.74, 6) is 0.0925. The summed E-state index contributed by atoms with van der Waals surface area (Å²) in [5.41, 5.74) is 0.907. The van der Waals surface area contributed by atoms with Gasteiger partial charge in [0.2, 0.25) is 5.88 Å². The second kappa shape index (κ2) is 8.42. The molecule has 1 aromatic carbocycles. The Kier molecular flexibility index (Phi) is 5.78. The first-order valence-electron chi connectivity index (χ1n) is 8.59. The molecular weight excluding hydrogens is 336 g/mol. The lowest BCUT2D eigenvalue weighted by atomic mass is 9.87. The van der Waals surface area contributed by atoms with Crippen molar-refractivity contribution in [3.63, 3.8) is 0 Å². The zero-order chi connectivity index (χ0) is 18.4. The number of rotatable bonds is 6. The van der Waals surface area contributed by atoms with Crippen LogP contribution in [0.5, 0.6) is 5.88 Å². The number of nitro groups is 1. The molecule has 1 aliphatic rings. The molecule has 1 aromatic heterocycles. The van der Waals surface area contributed by atoms with Crippen LogP contribution in [0.25, 0.3) is 0 Å². The molecular formula is C19H20N2O5. The van der Waals surface area contributed by atoms with Crippen molar-refractivity contribution in [1.29, 1.82) is 0 Å². The number of carbonyl (C=O) groups excluding carboxylic acids is 1. The smallest absolute Gasteiger partial charge is 0.309 e. The fourth-order valence-corrected chi connectivity index (χ4v) is 2.98. The van der Waals surface area contributed by atoms with Gasteiger partial charge in [-0.15, -0.1) is 0 Å². The highest BCUT2D eigenvalue weighted by molar-refractivity contribution is 5.72. The van der Waals surface area contributed by atoms with Gasteiger partial charge < -0.3 is 9.47 Å². The van der Waals surface area contributed by atoms with E-state index in [9.17, 15) is 14.9 Å². The van der Waals surface area contributed by atoms with Crippen molar-refractivity contribution in [2.45, 2.75) is 38.4 Å². The molecule has 1 heterocycles. The van der Waals surface area contributed by atoms with Crippen LogP contribution in [-0.2, 0) is 16.1 Å². The first-order chi connectivity index (χ1) is 12.6. The number of carbonyl (C=O) groups is 1. The molecule has 1 fully saturated rings. The van der Waals surface area contributed by atoms with E-state index >= 15 is 0 Å². The van der Waals surface area contributed by atoms with E-state index in [0.29, 0.717) is 25.3 Å². The average molecular weight is 356 g/mol. The molecule has 7 heteroatoms. The van der Waals surface area contributed by atoms with E-state index in [2.05, 4.69) is 4.98 Å². The summed E-state index contributed by atoms with van der Waals surface area (Å²) in [6.45, 7) is 0.294. The summed E-state index contributed by atoms with van der Waals surface area (Å²) in [6, 6.07) is 12.5. The summed E-state index contributed by atoms with van der Waals surface area (Å²) < 4.78 is 11.2. The minimum absolute atomic E-state index is 0.0397. The lowest BCUT2D eigenvalue weighted by Crippen LogP contribution is -2.29. The Labute approximate surface area is 151 Å². The molecule has 1 saturated carbocycles. The largest absolute Gasteiger partial charge is 0.474 e. The molecule has 0 aliphatic heterocycles. The van der Waals surface area contributed by atoms with Crippen LogP contribution in [0.1, 0.15) is 31.2 Å². The summed E-state index contributed by atoms with van der Waals surface area (Å²) in [5, 5.41) is 10.6. The van der Waals surface area contributed by atoms with Gasteiger partial charge in [-0.3, -0.25) is 14.9 Å². The zero-order valence-electron chi connectivity index (χ0n) is 14.2. The van der Waals surface area contributed by atoms with E-state index in [4.69, 9.17) is 9.47 Å². The average Bonchev–Trinajstić information content (AvgIpc) is 2.68. The highest BCUT2D eigenvalue weighted by Crippen LogP contribution is 2.28. The van der Waals surface area contributed by atoms with Crippen molar-refractivity contribution in [3.05, 3.63) is 64.3 Å². The highest BCUT2D eigenvalue weighted by Gasteiger charge is 2.28. The highest BCUT2D eigenvalue weighted by atomic mass is 16.6. The second-order valence-corrected chi connectivity index (χ2v) is 6.30. The standard InChI is InChI=1S/C19H20N2O5/c22-19(25-13-14-4-2-1-3-5-14)15-6-9-17(10-7-15)26-18-11-8-16(12-20-18)21(23)24/h1-5,8,11-12,15,17H,6-7,9-10,13H2. The van der Waals surface area contributed by atoms with Gasteiger partial charge in [-0.2, -0.15) is 0 Å². The second-order valence-electron chi connectivity index (χ2n) is 6.30. The van der Waals surface area contributed by atoms with Crippen LogP contribution in [0.3, 0.4) is 0 Å². The van der Waals surface area contributed by atoms with Crippen molar-refractivity contribution in [3.8, 4) is 5.88 Å². The summed E-state index contributed by atoms with van der Waals surface area (Å²) >= 11 is 0. The summed E-state index contributed by atoms with van der Waals surface area (Å²) in [7, 11) is 0. The molecule has 7 nitrogen and oxygen atoms in total. The minimum atomic E-state index is -0.497. The monoisotopic (exact) mass is 356 g/mol. The van der Waals surface area contributed by atoms with Crippen LogP contribution in [0.4, 0.5) is 5.69 Å². The van der Waals surface area contributed by atoms with Gasteiger partial charge in [0.25, 0.3) is 5.69 Å². The molecule has 0 saturated heterocycles. The maximum absolute atomic E-state index is 12.2. The number of benzene rings is 1. The van der Waals surface area contributed by atoms with Crippen LogP contribution < -0.4 is 4.74 Å². The predicted molar refractivity (Wildman–Crippen MR) is 93.5 cm³/mol. The van der Waals surface area contributed by atoms with Crippen LogP contribution >= 0.6 is 0 Å². The maximum atomic E-state index is 12.2. The Morgan fingerprint density at radius 3 is 2.46 bits per heavy atom. The third-order valence-electron chi connectivity index (χ3n) is 4.45. The number of pyridine rings is 1. The quantitative estimate of drug-likeness (QED) is 0.445. The van der Waals surface area contributed by atoms with Crippen LogP contribution in [0.15, 0.2) is 48.7 Å². The minimum Gasteiger partial charge on any atom is -0.474 e. The van der Waals surface area contributed by atoms with Crippen LogP contribution in [0.2, 0.25) is 0 Å². The van der Waals surface area contributed by atoms with Gasteiger partial charge in [0.15, 0.2) is 0 Å². The topological polar surface area (TPSA) is 91.6 Å². The van der Waals surface area contributed by atoms with Crippen molar-refractivity contribution < 1.29 is 19.2 Å². The van der Waals surface area contributed by atoms with Gasteiger partial charge in [0, 0.05) is 12.1 Å². The molecule has 0 bridgehead atoms. The Morgan fingerprint density at radius 1 is 1.12 bits per heavy atom. The molecule has 0 atom stereocenters. The third kappa shape index (κ3) is 4.78. The van der Waals surface area contributed by atoms with Crippen molar-refractivity contribution in [2.75, 3.05) is 0 Å². The third-order valence-corrected chi connectivity index (χ3v) is 4.45. The Bertz CT molecular complexity index is 740. The number of ether oxygens (including phenoxy) is 2. The SMILES string of the molecule is O=C(OCc1ccccc1)C1CCC(Oc2ccc([N+](=O)[O-])cn2)CC1. The van der Waals surface area contributed by atoms with Gasteiger partial charge in [-0.05, 0) is 31.2 Å². The fourth-order valence-electron chi connectivity index (χ4n) is 2.98. The number of aromatic nitrogens is 1. The van der Waals surface area contributed by atoms with Crippen molar-refractivity contribution in [2.24, 2.45) is 5.92 Å². The van der Waals surface area contributed by atoms with Crippen LogP contribution in [-0.4, -0.2) is 22.0 Å². The first kappa shape index (κ1) is 17.8. The fraction of sp³-hybridized carbons (Fsp3) is 0.368. The number of hydrogen-bond donors (Lipinski definition) is 0. The Morgan fingerprint density at radius 2 is 1.85 bits per heavy atom. The Balaban J connectivity index is 1.43. The van der Waals surface area contributed by atoms with E-state index in [1.165, 1.54) is 18.3 Å². The van der Waals surface area contributed by atoms with Gasteiger partial charge >= 0.3 is 5.97 Å². The molecule has 1 aliphatic carbocycles. The molecule has 0 spiro atoms. The molecule has 0 N–H and O–H groups in total. The molecule has 0 unspecified atom stereocenters. The molecule has 0 amide bonds. The Hall–Kier alpha value is -2.96. The first-order valence-corrected chi connectivity index (χ1v) is 8.59. The van der Waals surface area contributed by atoms with E-state index in [1.807, 2.05) is 30.3 Å². The molecule has 2 aromatic rings. The summed E-state index contributed by atoms with van der Waals surface area (Å²) in [6.07, 6.45) is 3.99. The van der Waals surface area contributed by atoms with Crippen LogP contribution in [0, 0.1) is 16.0 Å². The lowest BCUT2D eigenvalue weighted by Gasteiger charge is -2.27. The summed E-state index contributed by atoms with van der Waals surface area (Å²) in [4.78, 5) is 26.3. The van der Waals surface area contributed by atoms with E-state index in [-0.39, 0.29) is 23.7 Å². The molecule has 26 heavy (non-hydrogen) atoms. The van der Waals surface area contributed by atoms with Gasteiger partial charge in [-0.25, -0.2) is 4.98 Å². The molecule has 3 rings (SSSR count). The van der Waals surface area contributed by atoms with Crippen molar-refractivity contribution >= 4 is 11.7 Å². The van der Waals surface area contributed by atoms with E-state index in [1.54, 1.807) is 0 Å². The number of hydrogen-bond acceptors (Lipinski definition) is 6. The van der Waals surface area contributed by atoms with Gasteiger partial charge in [0.05, 0.1) is 10.8 Å². The normalized spacial score (nSPS) is 19.5. The van der Waals surface area contributed by atoms with E-state index < -0.39 is 4.92 Å². The lowest BCUT2D eigenvalue weighted by molar-refractivity contribution is -0.385. The number of nitrogens with zero attached hydrogens (tertiary/aromatic N) is 2. The molecule has 136 valence electrons. The number of esters is 1. The van der Waals surface area contributed by atoms with Gasteiger partial charge in [0.1, 0.15) is 18.9 Å². The van der Waals surface area contributed by atoms with E-state index in [0.717, 1.165) is 18.4 Å².